The maximum Gasteiger partial charge on any atom is 0.191 e. The number of hydrogen-bond acceptors (Lipinski definition) is 3. The predicted molar refractivity (Wildman–Crippen MR) is 105 cm³/mol. The van der Waals surface area contributed by atoms with Crippen LogP contribution in [0.25, 0.3) is 0 Å². The van der Waals surface area contributed by atoms with Crippen molar-refractivity contribution >= 4 is 17.6 Å². The number of ether oxygens (including phenoxy) is 1. The first kappa shape index (κ1) is 20.0. The molecule has 2 rings (SSSR count). The number of halogens is 1. The van der Waals surface area contributed by atoms with E-state index in [9.17, 15) is 0 Å². The van der Waals surface area contributed by atoms with Crippen LogP contribution in [0.3, 0.4) is 0 Å². The predicted octanol–water partition coefficient (Wildman–Crippen LogP) is 2.92. The van der Waals surface area contributed by atoms with Gasteiger partial charge < -0.3 is 20.3 Å². The van der Waals surface area contributed by atoms with Crippen LogP contribution in [0.5, 0.6) is 0 Å². The smallest absolute Gasteiger partial charge is 0.191 e. The molecule has 0 amide bonds. The molecule has 6 heteroatoms. The number of aliphatic imine (C=N–C) groups is 1. The molecule has 1 aliphatic rings. The molecular formula is C19H31ClN4O. The van der Waals surface area contributed by atoms with Gasteiger partial charge in [0.1, 0.15) is 0 Å². The van der Waals surface area contributed by atoms with Crippen molar-refractivity contribution in [3.05, 3.63) is 34.9 Å². The van der Waals surface area contributed by atoms with E-state index < -0.39 is 0 Å². The Hall–Kier alpha value is -1.30. The quantitative estimate of drug-likeness (QED) is 0.380. The number of nitrogens with zero attached hydrogens (tertiary/aromatic N) is 2. The number of guanidine groups is 1. The van der Waals surface area contributed by atoms with Gasteiger partial charge >= 0.3 is 0 Å². The van der Waals surface area contributed by atoms with Crippen LogP contribution >= 0.6 is 11.6 Å². The van der Waals surface area contributed by atoms with Crippen molar-refractivity contribution in [3.63, 3.8) is 0 Å². The summed E-state index contributed by atoms with van der Waals surface area (Å²) in [7, 11) is 5.95. The minimum absolute atomic E-state index is 0.248. The van der Waals surface area contributed by atoms with E-state index in [4.69, 9.17) is 16.3 Å². The lowest BCUT2D eigenvalue weighted by Gasteiger charge is -2.26. The highest BCUT2D eigenvalue weighted by molar-refractivity contribution is 6.30. The SMILES string of the molecule is CN=C(NCCCOCC1CC1)NCC(c1ccc(Cl)cc1)N(C)C. The first-order valence-corrected chi connectivity index (χ1v) is 9.42. The molecular weight excluding hydrogens is 336 g/mol. The molecule has 5 nitrogen and oxygen atoms in total. The third kappa shape index (κ3) is 7.63. The van der Waals surface area contributed by atoms with Crippen molar-refractivity contribution in [2.75, 3.05) is 47.4 Å². The first-order valence-electron chi connectivity index (χ1n) is 9.04. The Morgan fingerprint density at radius 3 is 2.60 bits per heavy atom. The molecule has 1 aliphatic carbocycles. The zero-order valence-corrected chi connectivity index (χ0v) is 16.4. The van der Waals surface area contributed by atoms with Crippen molar-refractivity contribution in [1.29, 1.82) is 0 Å². The fourth-order valence-electron chi connectivity index (χ4n) is 2.61. The Morgan fingerprint density at radius 1 is 1.28 bits per heavy atom. The van der Waals surface area contributed by atoms with Crippen molar-refractivity contribution in [2.24, 2.45) is 10.9 Å². The molecule has 0 bridgehead atoms. The third-order valence-corrected chi connectivity index (χ3v) is 4.62. The molecule has 2 N–H and O–H groups in total. The van der Waals surface area contributed by atoms with Gasteiger partial charge in [0.05, 0.1) is 6.04 Å². The zero-order valence-electron chi connectivity index (χ0n) is 15.6. The van der Waals surface area contributed by atoms with Gasteiger partial charge in [-0.05, 0) is 57.0 Å². The summed E-state index contributed by atoms with van der Waals surface area (Å²) in [6.45, 7) is 3.37. The van der Waals surface area contributed by atoms with E-state index in [2.05, 4.69) is 46.8 Å². The van der Waals surface area contributed by atoms with Crippen LogP contribution in [-0.2, 0) is 4.74 Å². The fraction of sp³-hybridized carbons (Fsp3) is 0.632. The van der Waals surface area contributed by atoms with E-state index in [-0.39, 0.29) is 6.04 Å². The second-order valence-electron chi connectivity index (χ2n) is 6.78. The van der Waals surface area contributed by atoms with Gasteiger partial charge in [0.25, 0.3) is 0 Å². The number of benzene rings is 1. The zero-order chi connectivity index (χ0) is 18.1. The summed E-state index contributed by atoms with van der Waals surface area (Å²) < 4.78 is 5.65. The van der Waals surface area contributed by atoms with Gasteiger partial charge in [-0.15, -0.1) is 0 Å². The van der Waals surface area contributed by atoms with E-state index in [0.717, 1.165) is 49.6 Å². The van der Waals surface area contributed by atoms with Crippen LogP contribution in [0.15, 0.2) is 29.3 Å². The summed E-state index contributed by atoms with van der Waals surface area (Å²) in [4.78, 5) is 6.49. The summed E-state index contributed by atoms with van der Waals surface area (Å²) in [5, 5.41) is 7.51. The number of likely N-dealkylation sites (N-methyl/N-ethyl adjacent to an activating group) is 1. The lowest BCUT2D eigenvalue weighted by molar-refractivity contribution is 0.123. The maximum atomic E-state index is 5.99. The van der Waals surface area contributed by atoms with Crippen LogP contribution in [0, 0.1) is 5.92 Å². The molecule has 140 valence electrons. The van der Waals surface area contributed by atoms with E-state index in [1.54, 1.807) is 7.05 Å². The number of hydrogen-bond donors (Lipinski definition) is 2. The van der Waals surface area contributed by atoms with Crippen LogP contribution < -0.4 is 10.6 Å². The van der Waals surface area contributed by atoms with Gasteiger partial charge in [-0.25, -0.2) is 0 Å². The van der Waals surface area contributed by atoms with E-state index in [0.29, 0.717) is 0 Å². The second kappa shape index (κ2) is 10.6. The van der Waals surface area contributed by atoms with Crippen molar-refractivity contribution < 1.29 is 4.74 Å². The van der Waals surface area contributed by atoms with Crippen molar-refractivity contribution in [3.8, 4) is 0 Å². The van der Waals surface area contributed by atoms with Gasteiger partial charge in [0, 0.05) is 38.4 Å². The summed E-state index contributed by atoms with van der Waals surface area (Å²) in [5.41, 5.74) is 1.23. The Kier molecular flexibility index (Phi) is 8.52. The second-order valence-corrected chi connectivity index (χ2v) is 7.22. The van der Waals surface area contributed by atoms with Gasteiger partial charge in [0.15, 0.2) is 5.96 Å². The summed E-state index contributed by atoms with van der Waals surface area (Å²) in [6.07, 6.45) is 3.67. The van der Waals surface area contributed by atoms with Crippen LogP contribution in [-0.4, -0.2) is 58.3 Å². The summed E-state index contributed by atoms with van der Waals surface area (Å²) in [6, 6.07) is 8.26. The highest BCUT2D eigenvalue weighted by Gasteiger charge is 2.20. The molecule has 0 aliphatic heterocycles. The highest BCUT2D eigenvalue weighted by Crippen LogP contribution is 2.28. The lowest BCUT2D eigenvalue weighted by atomic mass is 10.1. The maximum absolute atomic E-state index is 5.99. The molecule has 1 atom stereocenters. The Morgan fingerprint density at radius 2 is 2.00 bits per heavy atom. The molecule has 1 aromatic rings. The standard InChI is InChI=1S/C19H31ClN4O/c1-21-19(22-11-4-12-25-14-15-5-6-15)23-13-18(24(2)3)16-7-9-17(20)10-8-16/h7-10,15,18H,4-6,11-14H2,1-3H3,(H2,21,22,23). The minimum Gasteiger partial charge on any atom is -0.381 e. The largest absolute Gasteiger partial charge is 0.381 e. The summed E-state index contributed by atoms with van der Waals surface area (Å²) >= 11 is 5.99. The highest BCUT2D eigenvalue weighted by atomic mass is 35.5. The topological polar surface area (TPSA) is 48.9 Å². The van der Waals surface area contributed by atoms with Crippen molar-refractivity contribution in [1.82, 2.24) is 15.5 Å². The molecule has 25 heavy (non-hydrogen) atoms. The molecule has 1 saturated carbocycles. The first-order chi connectivity index (χ1) is 12.1. The normalized spacial score (nSPS) is 16.1. The molecule has 1 unspecified atom stereocenters. The van der Waals surface area contributed by atoms with Crippen molar-refractivity contribution in [2.45, 2.75) is 25.3 Å². The fourth-order valence-corrected chi connectivity index (χ4v) is 2.74. The number of nitrogens with one attached hydrogen (secondary N) is 2. The molecule has 0 radical (unpaired) electrons. The van der Waals surface area contributed by atoms with Gasteiger partial charge in [-0.1, -0.05) is 23.7 Å². The number of rotatable bonds is 10. The monoisotopic (exact) mass is 366 g/mol. The molecule has 1 fully saturated rings. The van der Waals surface area contributed by atoms with Gasteiger partial charge in [-0.2, -0.15) is 0 Å². The van der Waals surface area contributed by atoms with Crippen LogP contribution in [0.1, 0.15) is 30.9 Å². The van der Waals surface area contributed by atoms with Gasteiger partial charge in [-0.3, -0.25) is 4.99 Å². The van der Waals surface area contributed by atoms with E-state index in [1.165, 1.54) is 18.4 Å². The molecule has 0 spiro atoms. The Balaban J connectivity index is 1.70. The Bertz CT molecular complexity index is 529. The van der Waals surface area contributed by atoms with E-state index in [1.807, 2.05) is 12.1 Å². The van der Waals surface area contributed by atoms with E-state index >= 15 is 0 Å². The third-order valence-electron chi connectivity index (χ3n) is 4.37. The average Bonchev–Trinajstić information content (AvgIpc) is 3.41. The average molecular weight is 367 g/mol. The molecule has 0 aromatic heterocycles. The molecule has 0 saturated heterocycles. The summed E-state index contributed by atoms with van der Waals surface area (Å²) in [5.74, 6) is 1.65. The molecule has 1 aromatic carbocycles. The Labute approximate surface area is 156 Å². The minimum atomic E-state index is 0.248. The molecule has 0 heterocycles. The van der Waals surface area contributed by atoms with Gasteiger partial charge in [0.2, 0.25) is 0 Å². The lowest BCUT2D eigenvalue weighted by Crippen LogP contribution is -2.42. The van der Waals surface area contributed by atoms with Crippen LogP contribution in [0.2, 0.25) is 5.02 Å². The van der Waals surface area contributed by atoms with Crippen LogP contribution in [0.4, 0.5) is 0 Å².